The molecule has 0 aliphatic heterocycles. The first-order valence-corrected chi connectivity index (χ1v) is 7.78. The Morgan fingerprint density at radius 3 is 2.70 bits per heavy atom. The minimum atomic E-state index is -0.0431. The molecule has 1 amide bonds. The molecule has 3 heteroatoms. The third-order valence-corrected chi connectivity index (χ3v) is 4.20. The molecule has 0 heterocycles. The number of amides is 1. The van der Waals surface area contributed by atoms with E-state index in [0.29, 0.717) is 6.42 Å². The SMILES string of the molecule is O=C(CCCC1CCCCC1)Nc1ccccc1CO. The highest BCUT2D eigenvalue weighted by Gasteiger charge is 2.13. The molecule has 0 spiro atoms. The Labute approximate surface area is 121 Å². The summed E-state index contributed by atoms with van der Waals surface area (Å²) in [5.41, 5.74) is 1.51. The van der Waals surface area contributed by atoms with Crippen molar-refractivity contribution in [2.24, 2.45) is 5.92 Å². The molecule has 2 N–H and O–H groups in total. The average Bonchev–Trinajstić information content (AvgIpc) is 2.49. The number of aliphatic hydroxyl groups excluding tert-OH is 1. The van der Waals surface area contributed by atoms with Crippen LogP contribution in [0.4, 0.5) is 5.69 Å². The fourth-order valence-electron chi connectivity index (χ4n) is 3.02. The van der Waals surface area contributed by atoms with Gasteiger partial charge in [-0.2, -0.15) is 0 Å². The lowest BCUT2D eigenvalue weighted by Crippen LogP contribution is -2.14. The molecule has 0 atom stereocenters. The van der Waals surface area contributed by atoms with Gasteiger partial charge in [0.15, 0.2) is 0 Å². The summed E-state index contributed by atoms with van der Waals surface area (Å²) in [5.74, 6) is 0.892. The molecule has 110 valence electrons. The van der Waals surface area contributed by atoms with Crippen molar-refractivity contribution in [1.29, 1.82) is 0 Å². The Hall–Kier alpha value is -1.35. The van der Waals surface area contributed by atoms with Gasteiger partial charge in [0.1, 0.15) is 0 Å². The van der Waals surface area contributed by atoms with E-state index in [2.05, 4.69) is 5.32 Å². The van der Waals surface area contributed by atoms with Crippen molar-refractivity contribution in [3.8, 4) is 0 Å². The molecule has 1 fully saturated rings. The number of hydrogen-bond acceptors (Lipinski definition) is 2. The number of carbonyl (C=O) groups is 1. The maximum absolute atomic E-state index is 11.9. The van der Waals surface area contributed by atoms with Gasteiger partial charge >= 0.3 is 0 Å². The van der Waals surface area contributed by atoms with E-state index in [-0.39, 0.29) is 12.5 Å². The maximum atomic E-state index is 11.9. The number of carbonyl (C=O) groups excluding carboxylic acids is 1. The fourth-order valence-corrected chi connectivity index (χ4v) is 3.02. The largest absolute Gasteiger partial charge is 0.392 e. The maximum Gasteiger partial charge on any atom is 0.224 e. The number of para-hydroxylation sites is 1. The number of hydrogen-bond donors (Lipinski definition) is 2. The zero-order valence-electron chi connectivity index (χ0n) is 12.1. The molecule has 0 bridgehead atoms. The van der Waals surface area contributed by atoms with Crippen molar-refractivity contribution in [2.45, 2.75) is 58.0 Å². The van der Waals surface area contributed by atoms with Crippen LogP contribution in [0.25, 0.3) is 0 Å². The van der Waals surface area contributed by atoms with E-state index in [1.807, 2.05) is 24.3 Å². The zero-order chi connectivity index (χ0) is 14.2. The first-order chi connectivity index (χ1) is 9.79. The number of nitrogens with one attached hydrogen (secondary N) is 1. The van der Waals surface area contributed by atoms with E-state index in [0.717, 1.165) is 23.6 Å². The van der Waals surface area contributed by atoms with Gasteiger partial charge in [0.25, 0.3) is 0 Å². The Balaban J connectivity index is 1.72. The summed E-state index contributed by atoms with van der Waals surface area (Å²) in [6, 6.07) is 7.41. The predicted molar refractivity (Wildman–Crippen MR) is 81.4 cm³/mol. The van der Waals surface area contributed by atoms with Gasteiger partial charge < -0.3 is 10.4 Å². The standard InChI is InChI=1S/C17H25NO2/c19-13-15-10-4-5-11-16(15)18-17(20)12-6-9-14-7-2-1-3-8-14/h4-5,10-11,14,19H,1-3,6-9,12-13H2,(H,18,20). The summed E-state index contributed by atoms with van der Waals surface area (Å²) >= 11 is 0. The molecule has 1 aliphatic rings. The van der Waals surface area contributed by atoms with Crippen LogP contribution in [0, 0.1) is 5.92 Å². The van der Waals surface area contributed by atoms with Crippen molar-refractivity contribution < 1.29 is 9.90 Å². The first kappa shape index (κ1) is 15.0. The van der Waals surface area contributed by atoms with Gasteiger partial charge in [-0.3, -0.25) is 4.79 Å². The molecule has 0 saturated heterocycles. The van der Waals surface area contributed by atoms with Crippen LogP contribution >= 0.6 is 0 Å². The molecule has 1 aromatic carbocycles. The molecule has 1 aliphatic carbocycles. The van der Waals surface area contributed by atoms with Gasteiger partial charge in [0, 0.05) is 17.7 Å². The topological polar surface area (TPSA) is 49.3 Å². The molecule has 3 nitrogen and oxygen atoms in total. The van der Waals surface area contributed by atoms with Gasteiger partial charge in [-0.1, -0.05) is 50.3 Å². The van der Waals surface area contributed by atoms with Crippen LogP contribution in [0.5, 0.6) is 0 Å². The van der Waals surface area contributed by atoms with Crippen LogP contribution in [-0.2, 0) is 11.4 Å². The van der Waals surface area contributed by atoms with Gasteiger partial charge in [0.05, 0.1) is 6.61 Å². The number of aliphatic hydroxyl groups is 1. The van der Waals surface area contributed by atoms with Gasteiger partial charge in [-0.25, -0.2) is 0 Å². The molecule has 1 saturated carbocycles. The van der Waals surface area contributed by atoms with Crippen LogP contribution in [0.2, 0.25) is 0 Å². The van der Waals surface area contributed by atoms with Crippen molar-refractivity contribution in [3.05, 3.63) is 29.8 Å². The molecule has 0 radical (unpaired) electrons. The van der Waals surface area contributed by atoms with Gasteiger partial charge in [-0.05, 0) is 24.8 Å². The van der Waals surface area contributed by atoms with Crippen molar-refractivity contribution >= 4 is 11.6 Å². The Morgan fingerprint density at radius 2 is 1.95 bits per heavy atom. The highest BCUT2D eigenvalue weighted by molar-refractivity contribution is 5.91. The lowest BCUT2D eigenvalue weighted by molar-refractivity contribution is -0.116. The van der Waals surface area contributed by atoms with Crippen molar-refractivity contribution in [1.82, 2.24) is 0 Å². The summed E-state index contributed by atoms with van der Waals surface area (Å²) in [7, 11) is 0. The second-order valence-corrected chi connectivity index (χ2v) is 5.76. The summed E-state index contributed by atoms with van der Waals surface area (Å²) in [6.07, 6.45) is 9.52. The highest BCUT2D eigenvalue weighted by Crippen LogP contribution is 2.27. The van der Waals surface area contributed by atoms with E-state index in [1.54, 1.807) is 0 Å². The third-order valence-electron chi connectivity index (χ3n) is 4.20. The normalized spacial score (nSPS) is 16.1. The summed E-state index contributed by atoms with van der Waals surface area (Å²) in [5, 5.41) is 12.1. The molecule has 2 rings (SSSR count). The van der Waals surface area contributed by atoms with Crippen molar-refractivity contribution in [3.63, 3.8) is 0 Å². The monoisotopic (exact) mass is 275 g/mol. The summed E-state index contributed by atoms with van der Waals surface area (Å²) in [6.45, 7) is -0.0431. The molecule has 0 unspecified atom stereocenters. The second kappa shape index (κ2) is 8.05. The smallest absolute Gasteiger partial charge is 0.224 e. The fraction of sp³-hybridized carbons (Fsp3) is 0.588. The minimum Gasteiger partial charge on any atom is -0.392 e. The zero-order valence-corrected chi connectivity index (χ0v) is 12.1. The van der Waals surface area contributed by atoms with E-state index in [9.17, 15) is 9.90 Å². The van der Waals surface area contributed by atoms with Crippen LogP contribution < -0.4 is 5.32 Å². The number of anilines is 1. The lowest BCUT2D eigenvalue weighted by atomic mass is 9.86. The van der Waals surface area contributed by atoms with Crippen LogP contribution in [0.1, 0.15) is 56.9 Å². The molecule has 1 aromatic rings. The molecular formula is C17H25NO2. The Kier molecular flexibility index (Phi) is 6.06. The summed E-state index contributed by atoms with van der Waals surface area (Å²) in [4.78, 5) is 11.9. The van der Waals surface area contributed by atoms with Gasteiger partial charge in [-0.15, -0.1) is 0 Å². The molecule has 20 heavy (non-hydrogen) atoms. The minimum absolute atomic E-state index is 0.0431. The van der Waals surface area contributed by atoms with Crippen LogP contribution in [0.3, 0.4) is 0 Å². The van der Waals surface area contributed by atoms with Gasteiger partial charge in [0.2, 0.25) is 5.91 Å². The van der Waals surface area contributed by atoms with E-state index >= 15 is 0 Å². The Morgan fingerprint density at radius 1 is 1.20 bits per heavy atom. The van der Waals surface area contributed by atoms with Crippen molar-refractivity contribution in [2.75, 3.05) is 5.32 Å². The molecular weight excluding hydrogens is 250 g/mol. The lowest BCUT2D eigenvalue weighted by Gasteiger charge is -2.21. The third kappa shape index (κ3) is 4.64. The Bertz CT molecular complexity index is 425. The van der Waals surface area contributed by atoms with Crippen LogP contribution in [-0.4, -0.2) is 11.0 Å². The highest BCUT2D eigenvalue weighted by atomic mass is 16.3. The average molecular weight is 275 g/mol. The van der Waals surface area contributed by atoms with E-state index in [4.69, 9.17) is 0 Å². The quantitative estimate of drug-likeness (QED) is 0.828. The number of rotatable bonds is 6. The van der Waals surface area contributed by atoms with Crippen LogP contribution in [0.15, 0.2) is 24.3 Å². The second-order valence-electron chi connectivity index (χ2n) is 5.76. The van der Waals surface area contributed by atoms with E-state index in [1.165, 1.54) is 38.5 Å². The predicted octanol–water partition coefficient (Wildman–Crippen LogP) is 3.87. The first-order valence-electron chi connectivity index (χ1n) is 7.78. The number of benzene rings is 1. The van der Waals surface area contributed by atoms with E-state index < -0.39 is 0 Å². The summed E-state index contributed by atoms with van der Waals surface area (Å²) < 4.78 is 0. The molecule has 0 aromatic heterocycles.